The minimum absolute atomic E-state index is 0.192. The standard InChI is InChI=1S/C22H19ClN2O3/c1-13-18(23)10-5-11-19(13)24-20(26)14-6-4-7-15(12-14)25-21(27)16-8-2-3-9-17(16)22(25)28/h2-7,10-12,16-17H,8-9H2,1H3,(H,24,26)/t16-,17-/m1/s1. The van der Waals surface area contributed by atoms with Gasteiger partial charge in [-0.2, -0.15) is 0 Å². The highest BCUT2D eigenvalue weighted by Crippen LogP contribution is 2.37. The summed E-state index contributed by atoms with van der Waals surface area (Å²) in [5.74, 6) is -1.32. The monoisotopic (exact) mass is 394 g/mol. The van der Waals surface area contributed by atoms with Crippen molar-refractivity contribution in [3.63, 3.8) is 0 Å². The number of halogens is 1. The molecule has 142 valence electrons. The Morgan fingerprint density at radius 3 is 2.36 bits per heavy atom. The van der Waals surface area contributed by atoms with Gasteiger partial charge in [-0.1, -0.05) is 35.9 Å². The van der Waals surface area contributed by atoms with Gasteiger partial charge in [-0.25, -0.2) is 0 Å². The van der Waals surface area contributed by atoms with Crippen LogP contribution in [0.4, 0.5) is 11.4 Å². The molecule has 0 radical (unpaired) electrons. The molecule has 1 heterocycles. The molecule has 6 heteroatoms. The normalized spacial score (nSPS) is 21.0. The highest BCUT2D eigenvalue weighted by Gasteiger charge is 2.47. The van der Waals surface area contributed by atoms with Crippen molar-refractivity contribution in [1.82, 2.24) is 0 Å². The van der Waals surface area contributed by atoms with Gasteiger partial charge in [-0.05, 0) is 55.7 Å². The molecule has 4 rings (SSSR count). The second kappa shape index (κ2) is 7.24. The van der Waals surface area contributed by atoms with Crippen molar-refractivity contribution in [3.05, 3.63) is 70.8 Å². The van der Waals surface area contributed by atoms with Crippen molar-refractivity contribution in [2.24, 2.45) is 11.8 Å². The van der Waals surface area contributed by atoms with Crippen LogP contribution in [-0.4, -0.2) is 17.7 Å². The summed E-state index contributed by atoms with van der Waals surface area (Å²) in [7, 11) is 0. The zero-order chi connectivity index (χ0) is 19.8. The number of amides is 3. The quantitative estimate of drug-likeness (QED) is 0.621. The largest absolute Gasteiger partial charge is 0.322 e. The van der Waals surface area contributed by atoms with Gasteiger partial charge in [0.2, 0.25) is 11.8 Å². The van der Waals surface area contributed by atoms with Crippen LogP contribution in [0.3, 0.4) is 0 Å². The first-order chi connectivity index (χ1) is 13.5. The predicted molar refractivity (Wildman–Crippen MR) is 108 cm³/mol. The van der Waals surface area contributed by atoms with Gasteiger partial charge >= 0.3 is 0 Å². The van der Waals surface area contributed by atoms with Gasteiger partial charge in [-0.15, -0.1) is 0 Å². The fraction of sp³-hybridized carbons (Fsp3) is 0.227. The molecule has 1 N–H and O–H groups in total. The number of fused-ring (bicyclic) bond motifs is 1. The Labute approximate surface area is 168 Å². The number of carbonyl (C=O) groups excluding carboxylic acids is 3. The summed E-state index contributed by atoms with van der Waals surface area (Å²) in [6, 6.07) is 11.9. The molecule has 28 heavy (non-hydrogen) atoms. The van der Waals surface area contributed by atoms with Crippen LogP contribution >= 0.6 is 11.6 Å². The van der Waals surface area contributed by atoms with E-state index in [9.17, 15) is 14.4 Å². The summed E-state index contributed by atoms with van der Waals surface area (Å²) in [4.78, 5) is 39.5. The SMILES string of the molecule is Cc1c(Cl)cccc1NC(=O)c1cccc(N2C(=O)[C@@H]3CC=CC[C@H]3C2=O)c1. The second-order valence-corrected chi connectivity index (χ2v) is 7.49. The fourth-order valence-electron chi connectivity index (χ4n) is 3.78. The van der Waals surface area contributed by atoms with Gasteiger partial charge in [0.25, 0.3) is 5.91 Å². The molecule has 2 aromatic carbocycles. The number of imide groups is 1. The van der Waals surface area contributed by atoms with E-state index in [1.807, 2.05) is 19.1 Å². The fourth-order valence-corrected chi connectivity index (χ4v) is 3.95. The van der Waals surface area contributed by atoms with Crippen molar-refractivity contribution in [2.75, 3.05) is 10.2 Å². The molecule has 1 aliphatic carbocycles. The van der Waals surface area contributed by atoms with Gasteiger partial charge in [0.05, 0.1) is 17.5 Å². The lowest BCUT2D eigenvalue weighted by Crippen LogP contribution is -2.31. The van der Waals surface area contributed by atoms with Crippen LogP contribution in [0, 0.1) is 18.8 Å². The topological polar surface area (TPSA) is 66.5 Å². The molecule has 0 bridgehead atoms. The van der Waals surface area contributed by atoms with Gasteiger partial charge < -0.3 is 5.32 Å². The molecule has 0 saturated carbocycles. The molecule has 2 aliphatic rings. The van der Waals surface area contributed by atoms with E-state index in [1.54, 1.807) is 42.5 Å². The Hall–Kier alpha value is -2.92. The molecule has 0 spiro atoms. The van der Waals surface area contributed by atoms with Crippen LogP contribution in [0.25, 0.3) is 0 Å². The average Bonchev–Trinajstić information content (AvgIpc) is 2.96. The van der Waals surface area contributed by atoms with Crippen LogP contribution in [-0.2, 0) is 9.59 Å². The zero-order valence-corrected chi connectivity index (χ0v) is 16.1. The molecule has 2 atom stereocenters. The first-order valence-corrected chi connectivity index (χ1v) is 9.54. The van der Waals surface area contributed by atoms with E-state index in [1.165, 1.54) is 4.90 Å². The molecule has 1 saturated heterocycles. The van der Waals surface area contributed by atoms with Crippen LogP contribution in [0.15, 0.2) is 54.6 Å². The molecule has 1 fully saturated rings. The summed E-state index contributed by atoms with van der Waals surface area (Å²) < 4.78 is 0. The first-order valence-electron chi connectivity index (χ1n) is 9.16. The minimum atomic E-state index is -0.328. The molecule has 0 unspecified atom stereocenters. The molecular weight excluding hydrogens is 376 g/mol. The van der Waals surface area contributed by atoms with Crippen molar-refractivity contribution < 1.29 is 14.4 Å². The lowest BCUT2D eigenvalue weighted by molar-refractivity contribution is -0.122. The maximum Gasteiger partial charge on any atom is 0.255 e. The number of hydrogen-bond acceptors (Lipinski definition) is 3. The smallest absolute Gasteiger partial charge is 0.255 e. The highest BCUT2D eigenvalue weighted by molar-refractivity contribution is 6.31. The highest BCUT2D eigenvalue weighted by atomic mass is 35.5. The third-order valence-electron chi connectivity index (χ3n) is 5.39. The zero-order valence-electron chi connectivity index (χ0n) is 15.3. The van der Waals surface area contributed by atoms with E-state index in [4.69, 9.17) is 11.6 Å². The first kappa shape index (κ1) is 18.4. The average molecular weight is 395 g/mol. The second-order valence-electron chi connectivity index (χ2n) is 7.08. The molecule has 0 aromatic heterocycles. The van der Waals surface area contributed by atoms with Crippen molar-refractivity contribution in [2.45, 2.75) is 19.8 Å². The van der Waals surface area contributed by atoms with Crippen molar-refractivity contribution in [1.29, 1.82) is 0 Å². The van der Waals surface area contributed by atoms with E-state index in [0.29, 0.717) is 34.8 Å². The van der Waals surface area contributed by atoms with Crippen LogP contribution < -0.4 is 10.2 Å². The van der Waals surface area contributed by atoms with Gasteiger partial charge in [-0.3, -0.25) is 19.3 Å². The van der Waals surface area contributed by atoms with Crippen LogP contribution in [0.1, 0.15) is 28.8 Å². The maximum atomic E-state index is 12.8. The summed E-state index contributed by atoms with van der Waals surface area (Å²) in [5, 5.41) is 3.40. The third kappa shape index (κ3) is 3.12. The number of nitrogens with one attached hydrogen (secondary N) is 1. The molecular formula is C22H19ClN2O3. The summed E-state index contributed by atoms with van der Waals surface area (Å²) >= 11 is 6.11. The van der Waals surface area contributed by atoms with Crippen molar-refractivity contribution in [3.8, 4) is 0 Å². The summed E-state index contributed by atoms with van der Waals surface area (Å²) in [5.41, 5.74) is 2.19. The van der Waals surface area contributed by atoms with Crippen LogP contribution in [0.2, 0.25) is 5.02 Å². The maximum absolute atomic E-state index is 12.8. The molecule has 3 amide bonds. The lowest BCUT2D eigenvalue weighted by Gasteiger charge is -2.16. The number of rotatable bonds is 3. The van der Waals surface area contributed by atoms with E-state index < -0.39 is 0 Å². The lowest BCUT2D eigenvalue weighted by atomic mass is 9.85. The Morgan fingerprint density at radius 2 is 1.68 bits per heavy atom. The van der Waals surface area contributed by atoms with E-state index in [-0.39, 0.29) is 29.6 Å². The molecule has 2 aromatic rings. The minimum Gasteiger partial charge on any atom is -0.322 e. The van der Waals surface area contributed by atoms with Crippen LogP contribution in [0.5, 0.6) is 0 Å². The Balaban J connectivity index is 1.60. The number of hydrogen-bond donors (Lipinski definition) is 1. The predicted octanol–water partition coefficient (Wildman–Crippen LogP) is 4.36. The van der Waals surface area contributed by atoms with Crippen molar-refractivity contribution >= 4 is 40.7 Å². The number of carbonyl (C=O) groups is 3. The molecule has 5 nitrogen and oxygen atoms in total. The molecule has 1 aliphatic heterocycles. The van der Waals surface area contributed by atoms with Gasteiger partial charge in [0.1, 0.15) is 0 Å². The van der Waals surface area contributed by atoms with E-state index >= 15 is 0 Å². The Kier molecular flexibility index (Phi) is 4.77. The number of anilines is 2. The Morgan fingerprint density at radius 1 is 1.04 bits per heavy atom. The number of allylic oxidation sites excluding steroid dienone is 2. The summed E-state index contributed by atoms with van der Waals surface area (Å²) in [6.45, 7) is 1.83. The third-order valence-corrected chi connectivity index (χ3v) is 5.80. The van der Waals surface area contributed by atoms with E-state index in [0.717, 1.165) is 5.56 Å². The Bertz CT molecular complexity index is 989. The van der Waals surface area contributed by atoms with Gasteiger partial charge in [0, 0.05) is 16.3 Å². The number of nitrogens with zero attached hydrogens (tertiary/aromatic N) is 1. The number of benzene rings is 2. The van der Waals surface area contributed by atoms with Gasteiger partial charge in [0.15, 0.2) is 0 Å². The summed E-state index contributed by atoms with van der Waals surface area (Å²) in [6.07, 6.45) is 5.07. The van der Waals surface area contributed by atoms with E-state index in [2.05, 4.69) is 5.32 Å².